The topological polar surface area (TPSA) is 0 Å². The van der Waals surface area contributed by atoms with E-state index in [0.29, 0.717) is 0 Å². The number of fused-ring (bicyclic) bond motifs is 8. The molecule has 0 aliphatic heterocycles. The molecule has 8 aromatic rings. The second kappa shape index (κ2) is 8.15. The fraction of sp³-hybridized carbons (Fsp3) is 0. The summed E-state index contributed by atoms with van der Waals surface area (Å²) in [4.78, 5) is 0. The van der Waals surface area contributed by atoms with E-state index in [0.717, 1.165) is 0 Å². The molecule has 1 aliphatic carbocycles. The average Bonchev–Trinajstić information content (AvgIpc) is 3.37. The third-order valence-electron chi connectivity index (χ3n) is 8.81. The van der Waals surface area contributed by atoms with E-state index < -0.39 is 0 Å². The van der Waals surface area contributed by atoms with Gasteiger partial charge in [0, 0.05) is 0 Å². The summed E-state index contributed by atoms with van der Waals surface area (Å²) in [5.41, 5.74) is 10.5. The number of rotatable bonds is 2. The molecular weight excluding hydrogens is 480 g/mol. The van der Waals surface area contributed by atoms with E-state index in [1.54, 1.807) is 0 Å². The predicted molar refractivity (Wildman–Crippen MR) is 172 cm³/mol. The second-order valence-electron chi connectivity index (χ2n) is 10.8. The molecule has 0 heteroatoms. The summed E-state index contributed by atoms with van der Waals surface area (Å²) < 4.78 is 0. The standard InChI is InChI=1S/C40H24/c1-3-12-28-25(9-1)19-22-34-30(28)16-8-17-32(34)31-14-5-6-15-33(31)36-24-21-27-11-7-18-35-37-23-20-26-10-2-4-13-29(26)39(37)40(36)38(27)35/h1-24H. The van der Waals surface area contributed by atoms with E-state index in [1.165, 1.54) is 87.6 Å². The Labute approximate surface area is 232 Å². The minimum atomic E-state index is 1.27. The summed E-state index contributed by atoms with van der Waals surface area (Å²) >= 11 is 0. The first kappa shape index (κ1) is 21.7. The predicted octanol–water partition coefficient (Wildman–Crippen LogP) is 11.3. The van der Waals surface area contributed by atoms with Crippen LogP contribution in [0.2, 0.25) is 0 Å². The van der Waals surface area contributed by atoms with Gasteiger partial charge in [0.05, 0.1) is 0 Å². The van der Waals surface area contributed by atoms with Gasteiger partial charge in [-0.05, 0) is 87.6 Å². The maximum atomic E-state index is 2.34. The van der Waals surface area contributed by atoms with Crippen molar-refractivity contribution in [3.63, 3.8) is 0 Å². The first-order valence-corrected chi connectivity index (χ1v) is 14.0. The van der Waals surface area contributed by atoms with Gasteiger partial charge in [-0.25, -0.2) is 0 Å². The second-order valence-corrected chi connectivity index (χ2v) is 10.8. The summed E-state index contributed by atoms with van der Waals surface area (Å²) in [6, 6.07) is 53.7. The van der Waals surface area contributed by atoms with E-state index >= 15 is 0 Å². The molecule has 0 radical (unpaired) electrons. The molecule has 0 spiro atoms. The molecule has 0 fully saturated rings. The average molecular weight is 505 g/mol. The van der Waals surface area contributed by atoms with Crippen molar-refractivity contribution in [1.29, 1.82) is 0 Å². The van der Waals surface area contributed by atoms with Crippen molar-refractivity contribution in [2.24, 2.45) is 0 Å². The zero-order valence-corrected chi connectivity index (χ0v) is 21.9. The Hall–Kier alpha value is -5.20. The third-order valence-corrected chi connectivity index (χ3v) is 8.81. The van der Waals surface area contributed by atoms with Crippen LogP contribution in [0, 0.1) is 0 Å². The van der Waals surface area contributed by atoms with Crippen molar-refractivity contribution in [3.8, 4) is 44.5 Å². The van der Waals surface area contributed by atoms with Gasteiger partial charge in [-0.2, -0.15) is 0 Å². The van der Waals surface area contributed by atoms with Crippen molar-refractivity contribution < 1.29 is 0 Å². The summed E-state index contributed by atoms with van der Waals surface area (Å²) in [5, 5.41) is 10.4. The Morgan fingerprint density at radius 3 is 1.60 bits per heavy atom. The third kappa shape index (κ3) is 2.91. The molecule has 0 aromatic heterocycles. The molecule has 184 valence electrons. The zero-order chi connectivity index (χ0) is 26.2. The van der Waals surface area contributed by atoms with Gasteiger partial charge in [0.15, 0.2) is 0 Å². The molecule has 1 aliphatic rings. The minimum Gasteiger partial charge on any atom is -0.0616 e. The van der Waals surface area contributed by atoms with Crippen molar-refractivity contribution in [3.05, 3.63) is 146 Å². The zero-order valence-electron chi connectivity index (χ0n) is 21.9. The van der Waals surface area contributed by atoms with E-state index in [-0.39, 0.29) is 0 Å². The van der Waals surface area contributed by atoms with Crippen LogP contribution in [0.25, 0.3) is 87.6 Å². The van der Waals surface area contributed by atoms with Gasteiger partial charge in [-0.1, -0.05) is 146 Å². The molecular formula is C40H24. The van der Waals surface area contributed by atoms with Crippen LogP contribution >= 0.6 is 0 Å². The molecule has 0 saturated carbocycles. The molecule has 0 bridgehead atoms. The lowest BCUT2D eigenvalue weighted by Crippen LogP contribution is -1.90. The van der Waals surface area contributed by atoms with E-state index in [1.807, 2.05) is 0 Å². The van der Waals surface area contributed by atoms with E-state index in [9.17, 15) is 0 Å². The number of hydrogen-bond acceptors (Lipinski definition) is 0. The maximum absolute atomic E-state index is 2.34. The lowest BCUT2D eigenvalue weighted by Gasteiger charge is -2.17. The Bertz CT molecular complexity index is 2320. The Balaban J connectivity index is 1.38. The maximum Gasteiger partial charge on any atom is -0.000786 e. The fourth-order valence-electron chi connectivity index (χ4n) is 7.08. The Morgan fingerprint density at radius 1 is 0.225 bits per heavy atom. The fourth-order valence-corrected chi connectivity index (χ4v) is 7.08. The van der Waals surface area contributed by atoms with Gasteiger partial charge in [0.25, 0.3) is 0 Å². The normalized spacial score (nSPS) is 12.0. The molecule has 0 saturated heterocycles. The van der Waals surface area contributed by atoms with Crippen molar-refractivity contribution in [2.45, 2.75) is 0 Å². The van der Waals surface area contributed by atoms with Crippen LogP contribution in [0.1, 0.15) is 0 Å². The van der Waals surface area contributed by atoms with Crippen LogP contribution in [-0.2, 0) is 0 Å². The molecule has 0 N–H and O–H groups in total. The van der Waals surface area contributed by atoms with Crippen molar-refractivity contribution >= 4 is 43.1 Å². The Kier molecular flexibility index (Phi) is 4.42. The molecule has 0 atom stereocenters. The van der Waals surface area contributed by atoms with Gasteiger partial charge < -0.3 is 0 Å². The summed E-state index contributed by atoms with van der Waals surface area (Å²) in [5.74, 6) is 0. The first-order chi connectivity index (χ1) is 19.9. The lowest BCUT2D eigenvalue weighted by molar-refractivity contribution is 1.62. The largest absolute Gasteiger partial charge is 0.0616 e. The summed E-state index contributed by atoms with van der Waals surface area (Å²) in [7, 11) is 0. The monoisotopic (exact) mass is 504 g/mol. The Morgan fingerprint density at radius 2 is 0.750 bits per heavy atom. The molecule has 8 aromatic carbocycles. The van der Waals surface area contributed by atoms with Crippen LogP contribution < -0.4 is 0 Å². The first-order valence-electron chi connectivity index (χ1n) is 14.0. The van der Waals surface area contributed by atoms with Crippen molar-refractivity contribution in [2.75, 3.05) is 0 Å². The van der Waals surface area contributed by atoms with Gasteiger partial charge >= 0.3 is 0 Å². The van der Waals surface area contributed by atoms with Crippen LogP contribution in [0.15, 0.2) is 146 Å². The van der Waals surface area contributed by atoms with Gasteiger partial charge in [0.1, 0.15) is 0 Å². The van der Waals surface area contributed by atoms with Crippen LogP contribution in [0.5, 0.6) is 0 Å². The van der Waals surface area contributed by atoms with Crippen LogP contribution in [-0.4, -0.2) is 0 Å². The highest BCUT2D eigenvalue weighted by Crippen LogP contribution is 2.54. The highest BCUT2D eigenvalue weighted by molar-refractivity contribution is 6.25. The highest BCUT2D eigenvalue weighted by Gasteiger charge is 2.27. The van der Waals surface area contributed by atoms with Crippen LogP contribution in [0.4, 0.5) is 0 Å². The van der Waals surface area contributed by atoms with Crippen molar-refractivity contribution in [1.82, 2.24) is 0 Å². The quantitative estimate of drug-likeness (QED) is 0.205. The molecule has 0 heterocycles. The number of hydrogen-bond donors (Lipinski definition) is 0. The van der Waals surface area contributed by atoms with Gasteiger partial charge in [0.2, 0.25) is 0 Å². The lowest BCUT2D eigenvalue weighted by atomic mass is 9.86. The SMILES string of the molecule is c1ccc(-c2cccc3c2ccc2ccccc23)c(-c2ccc3cccc4c3c2-c2c-4ccc3ccccc23)c1. The molecule has 0 amide bonds. The van der Waals surface area contributed by atoms with E-state index in [2.05, 4.69) is 146 Å². The minimum absolute atomic E-state index is 1.27. The molecule has 9 rings (SSSR count). The molecule has 0 nitrogen and oxygen atoms in total. The number of benzene rings is 8. The molecule has 0 unspecified atom stereocenters. The summed E-state index contributed by atoms with van der Waals surface area (Å²) in [6.07, 6.45) is 0. The van der Waals surface area contributed by atoms with Gasteiger partial charge in [-0.3, -0.25) is 0 Å². The molecule has 40 heavy (non-hydrogen) atoms. The van der Waals surface area contributed by atoms with E-state index in [4.69, 9.17) is 0 Å². The van der Waals surface area contributed by atoms with Crippen LogP contribution in [0.3, 0.4) is 0 Å². The smallest absolute Gasteiger partial charge is 0.000786 e. The highest BCUT2D eigenvalue weighted by atomic mass is 14.3. The van der Waals surface area contributed by atoms with Gasteiger partial charge in [-0.15, -0.1) is 0 Å². The summed E-state index contributed by atoms with van der Waals surface area (Å²) in [6.45, 7) is 0.